The van der Waals surface area contributed by atoms with Crippen molar-refractivity contribution in [2.24, 2.45) is 0 Å². The number of hydrogen-bond donors (Lipinski definition) is 5. The van der Waals surface area contributed by atoms with Crippen molar-refractivity contribution in [1.29, 1.82) is 0 Å². The molecule has 0 aliphatic heterocycles. The normalized spacial score (nSPS) is 10.2. The van der Waals surface area contributed by atoms with Gasteiger partial charge in [-0.05, 0) is 25.7 Å². The lowest BCUT2D eigenvalue weighted by atomic mass is 10.1. The van der Waals surface area contributed by atoms with Gasteiger partial charge in [0.25, 0.3) is 0 Å². The molecule has 0 radical (unpaired) electrons. The zero-order chi connectivity index (χ0) is 29.1. The Labute approximate surface area is 240 Å². The third-order valence-corrected chi connectivity index (χ3v) is 6.49. The number of nitrogens with one attached hydrogen (secondary N) is 1. The summed E-state index contributed by atoms with van der Waals surface area (Å²) in [7, 11) is 0. The number of unbranched alkanes of at least 4 members (excludes halogenated alkanes) is 18. The number of carbonyl (C=O) groups excluding carboxylic acids is 2. The van der Waals surface area contributed by atoms with Crippen LogP contribution in [0.3, 0.4) is 0 Å². The Kier molecular flexibility index (Phi) is 47.3. The molecule has 0 aromatic heterocycles. The summed E-state index contributed by atoms with van der Waals surface area (Å²) in [6.07, 6.45) is 28.3. The predicted molar refractivity (Wildman–Crippen MR) is 157 cm³/mol. The molecule has 0 bridgehead atoms. The van der Waals surface area contributed by atoms with Crippen LogP contribution in [-0.2, 0) is 9.59 Å². The smallest absolute Gasteiger partial charge is 0.101 e. The van der Waals surface area contributed by atoms with Crippen molar-refractivity contribution in [3.63, 3.8) is 0 Å². The second-order valence-corrected chi connectivity index (χ2v) is 10.1. The minimum atomic E-state index is -1.44. The maximum Gasteiger partial charge on any atom is 0.101 e. The van der Waals surface area contributed by atoms with Crippen molar-refractivity contribution < 1.29 is 40.0 Å². The van der Waals surface area contributed by atoms with E-state index in [-0.39, 0.29) is 6.15 Å². The van der Waals surface area contributed by atoms with Crippen molar-refractivity contribution >= 4 is 11.9 Å². The fraction of sp³-hybridized carbons (Fsp3) is 0.933. The predicted octanol–water partition coefficient (Wildman–Crippen LogP) is 2.54. The number of rotatable bonds is 26. The molecule has 0 atom stereocenters. The van der Waals surface area contributed by atoms with E-state index in [4.69, 9.17) is 30.0 Å². The lowest BCUT2D eigenvalue weighted by molar-refractivity contribution is -0.901. The Morgan fingerprint density at radius 2 is 0.718 bits per heavy atom. The SMILES string of the molecule is CCCCCCCCCCCC[NH+](CCO)CCCCCCCCCCCC.O=C([O-])CO.O=C([O-])CO.[NH4+]. The van der Waals surface area contributed by atoms with E-state index in [9.17, 15) is 5.11 Å². The number of aliphatic carboxylic acids is 2. The highest BCUT2D eigenvalue weighted by Gasteiger charge is 2.07. The van der Waals surface area contributed by atoms with Crippen LogP contribution in [0.5, 0.6) is 0 Å². The monoisotopic (exact) mass is 566 g/mol. The summed E-state index contributed by atoms with van der Waals surface area (Å²) in [5.41, 5.74) is 0. The molecule has 0 heterocycles. The van der Waals surface area contributed by atoms with Crippen molar-refractivity contribution in [1.82, 2.24) is 6.15 Å². The van der Waals surface area contributed by atoms with E-state index in [0.717, 1.165) is 6.54 Å². The van der Waals surface area contributed by atoms with E-state index in [1.807, 2.05) is 0 Å². The highest BCUT2D eigenvalue weighted by molar-refractivity contribution is 5.65. The summed E-state index contributed by atoms with van der Waals surface area (Å²) in [5.74, 6) is -2.88. The molecule has 9 heteroatoms. The van der Waals surface area contributed by atoms with E-state index in [0.29, 0.717) is 6.61 Å². The second-order valence-electron chi connectivity index (χ2n) is 10.1. The first-order valence-corrected chi connectivity index (χ1v) is 15.4. The molecular weight excluding hydrogens is 500 g/mol. The van der Waals surface area contributed by atoms with Crippen molar-refractivity contribution in [2.75, 3.05) is 39.5 Å². The largest absolute Gasteiger partial charge is 0.548 e. The molecule has 0 aliphatic carbocycles. The van der Waals surface area contributed by atoms with Crippen LogP contribution in [0.25, 0.3) is 0 Å². The van der Waals surface area contributed by atoms with Gasteiger partial charge in [0.05, 0.1) is 44.8 Å². The third kappa shape index (κ3) is 50.1. The lowest BCUT2D eigenvalue weighted by Gasteiger charge is -2.18. The molecule has 39 heavy (non-hydrogen) atoms. The van der Waals surface area contributed by atoms with Gasteiger partial charge in [-0.15, -0.1) is 0 Å². The van der Waals surface area contributed by atoms with Crippen molar-refractivity contribution in [3.8, 4) is 0 Å². The molecule has 0 unspecified atom stereocenters. The van der Waals surface area contributed by atoms with Crippen molar-refractivity contribution in [2.45, 2.75) is 142 Å². The van der Waals surface area contributed by atoms with Crippen LogP contribution >= 0.6 is 0 Å². The van der Waals surface area contributed by atoms with Crippen LogP contribution in [0.2, 0.25) is 0 Å². The Morgan fingerprint density at radius 3 is 0.923 bits per heavy atom. The number of aliphatic hydroxyl groups excluding tert-OH is 3. The van der Waals surface area contributed by atoms with Gasteiger partial charge in [0.2, 0.25) is 0 Å². The first-order chi connectivity index (χ1) is 18.4. The molecule has 0 rings (SSSR count). The van der Waals surface area contributed by atoms with Gasteiger partial charge in [-0.1, -0.05) is 117 Å². The van der Waals surface area contributed by atoms with E-state index >= 15 is 0 Å². The molecule has 0 aromatic rings. The zero-order valence-corrected chi connectivity index (χ0v) is 25.9. The summed E-state index contributed by atoms with van der Waals surface area (Å²) in [6, 6.07) is 0. The van der Waals surface area contributed by atoms with Gasteiger partial charge in [-0.25, -0.2) is 0 Å². The third-order valence-electron chi connectivity index (χ3n) is 6.49. The molecule has 0 saturated carbocycles. The summed E-state index contributed by atoms with van der Waals surface area (Å²) >= 11 is 0. The maximum absolute atomic E-state index is 9.34. The molecule has 0 spiro atoms. The molecule has 0 fully saturated rings. The van der Waals surface area contributed by atoms with Gasteiger partial charge in [0.1, 0.15) is 6.54 Å². The van der Waals surface area contributed by atoms with Crippen LogP contribution < -0.4 is 21.3 Å². The number of aliphatic hydroxyl groups is 3. The maximum atomic E-state index is 9.34. The molecule has 8 N–H and O–H groups in total. The number of carbonyl (C=O) groups is 2. The Balaban J connectivity index is -0.000000471. The number of carboxylic acid groups (broad SMARTS) is 2. The minimum Gasteiger partial charge on any atom is -0.548 e. The fourth-order valence-electron chi connectivity index (χ4n) is 4.26. The molecule has 0 aromatic carbocycles. The fourth-order valence-corrected chi connectivity index (χ4v) is 4.26. The van der Waals surface area contributed by atoms with Gasteiger partial charge in [-0.2, -0.15) is 0 Å². The number of quaternary nitrogens is 2. The van der Waals surface area contributed by atoms with Gasteiger partial charge < -0.3 is 46.2 Å². The van der Waals surface area contributed by atoms with E-state index in [1.165, 1.54) is 142 Å². The van der Waals surface area contributed by atoms with E-state index in [2.05, 4.69) is 13.8 Å². The van der Waals surface area contributed by atoms with Gasteiger partial charge in [0.15, 0.2) is 0 Å². The highest BCUT2D eigenvalue weighted by atomic mass is 16.4. The molecule has 0 saturated heterocycles. The van der Waals surface area contributed by atoms with Crippen LogP contribution in [-0.4, -0.2) is 66.7 Å². The van der Waals surface area contributed by atoms with Crippen LogP contribution in [0.4, 0.5) is 0 Å². The Bertz CT molecular complexity index is 431. The zero-order valence-electron chi connectivity index (χ0n) is 25.9. The van der Waals surface area contributed by atoms with Crippen molar-refractivity contribution in [3.05, 3.63) is 0 Å². The first kappa shape index (κ1) is 44.7. The molecule has 0 amide bonds. The van der Waals surface area contributed by atoms with Crippen LogP contribution in [0, 0.1) is 0 Å². The van der Waals surface area contributed by atoms with Crippen LogP contribution in [0.15, 0.2) is 0 Å². The second kappa shape index (κ2) is 41.2. The average Bonchev–Trinajstić information content (AvgIpc) is 2.91. The van der Waals surface area contributed by atoms with Gasteiger partial charge in [-0.3, -0.25) is 0 Å². The molecule has 0 aliphatic rings. The highest BCUT2D eigenvalue weighted by Crippen LogP contribution is 2.11. The lowest BCUT2D eigenvalue weighted by Crippen LogP contribution is -3.12. The van der Waals surface area contributed by atoms with E-state index < -0.39 is 25.2 Å². The minimum absolute atomic E-state index is 0. The number of carboxylic acids is 2. The van der Waals surface area contributed by atoms with Gasteiger partial charge in [0, 0.05) is 0 Å². The van der Waals surface area contributed by atoms with Crippen LogP contribution in [0.1, 0.15) is 142 Å². The Morgan fingerprint density at radius 1 is 0.487 bits per heavy atom. The molecule has 9 nitrogen and oxygen atoms in total. The average molecular weight is 567 g/mol. The standard InChI is InChI=1S/C26H55NO.2C2H4O3.H3N/c1-3-5-7-9-11-13-15-17-19-21-23-27(25-26-28)24-22-20-18-16-14-12-10-8-6-4-2;2*3-1-2(4)5;/h28H,3-26H2,1-2H3;2*3H,1H2,(H,4,5);1H3. The summed E-state index contributed by atoms with van der Waals surface area (Å²) in [4.78, 5) is 19.7. The Hall–Kier alpha value is -1.26. The summed E-state index contributed by atoms with van der Waals surface area (Å²) in [6.45, 7) is 6.65. The summed E-state index contributed by atoms with van der Waals surface area (Å²) in [5, 5.41) is 42.3. The summed E-state index contributed by atoms with van der Waals surface area (Å²) < 4.78 is 0. The topological polar surface area (TPSA) is 182 Å². The first-order valence-electron chi connectivity index (χ1n) is 15.4. The quantitative estimate of drug-likeness (QED) is 0.0997. The molecular formula is C30H66N2O7. The van der Waals surface area contributed by atoms with E-state index in [1.54, 1.807) is 4.90 Å². The number of hydrogen-bond acceptors (Lipinski definition) is 7. The van der Waals surface area contributed by atoms with Gasteiger partial charge >= 0.3 is 0 Å². The molecule has 238 valence electrons.